The second-order valence-electron chi connectivity index (χ2n) is 5.89. The first kappa shape index (κ1) is 16.7. The summed E-state index contributed by atoms with van der Waals surface area (Å²) in [5.74, 6) is -0.138. The van der Waals surface area contributed by atoms with Gasteiger partial charge in [0, 0.05) is 50.8 Å². The molecular weight excluding hydrogens is 322 g/mol. The van der Waals surface area contributed by atoms with E-state index in [4.69, 9.17) is 0 Å². The lowest BCUT2D eigenvalue weighted by Crippen LogP contribution is -2.45. The van der Waals surface area contributed by atoms with Crippen LogP contribution in [0.5, 0.6) is 0 Å². The molecule has 24 heavy (non-hydrogen) atoms. The molecule has 0 spiro atoms. The molecule has 6 nitrogen and oxygen atoms in total. The van der Waals surface area contributed by atoms with Crippen molar-refractivity contribution in [1.82, 2.24) is 15.2 Å². The summed E-state index contributed by atoms with van der Waals surface area (Å²) in [6.45, 7) is 4.66. The van der Waals surface area contributed by atoms with Crippen molar-refractivity contribution in [1.29, 1.82) is 0 Å². The fraction of sp³-hybridized carbons (Fsp3) is 0.412. The summed E-state index contributed by atoms with van der Waals surface area (Å²) in [5.41, 5.74) is 2.81. The number of carbonyl (C=O) groups excluding carboxylic acids is 1. The maximum atomic E-state index is 12.3. The van der Waals surface area contributed by atoms with E-state index in [9.17, 15) is 4.79 Å². The molecule has 2 heterocycles. The van der Waals surface area contributed by atoms with Crippen LogP contribution in [0, 0.1) is 0 Å². The summed E-state index contributed by atoms with van der Waals surface area (Å²) in [7, 11) is 3.95. The third kappa shape index (κ3) is 3.85. The van der Waals surface area contributed by atoms with Gasteiger partial charge in [0.1, 0.15) is 5.69 Å². The van der Waals surface area contributed by atoms with Crippen LogP contribution in [-0.2, 0) is 6.54 Å². The maximum Gasteiger partial charge on any atom is 0.271 e. The van der Waals surface area contributed by atoms with Gasteiger partial charge in [0.25, 0.3) is 5.91 Å². The quantitative estimate of drug-likeness (QED) is 0.866. The minimum absolute atomic E-state index is 0.138. The van der Waals surface area contributed by atoms with Crippen molar-refractivity contribution in [3.63, 3.8) is 0 Å². The first-order chi connectivity index (χ1) is 11.7. The van der Waals surface area contributed by atoms with Gasteiger partial charge in [-0.25, -0.2) is 4.98 Å². The number of nitrogens with zero attached hydrogens (tertiary/aromatic N) is 3. The van der Waals surface area contributed by atoms with E-state index in [-0.39, 0.29) is 5.91 Å². The number of rotatable bonds is 5. The SMILES string of the molecule is CNc1nc(C(=O)NCc2ccccc2N2CCN(C)CC2)cs1. The Labute approximate surface area is 146 Å². The number of thiazole rings is 1. The van der Waals surface area contributed by atoms with Gasteiger partial charge >= 0.3 is 0 Å². The Hall–Kier alpha value is -2.12. The molecular formula is C17H23N5OS. The number of anilines is 2. The highest BCUT2D eigenvalue weighted by Gasteiger charge is 2.17. The van der Waals surface area contributed by atoms with Crippen LogP contribution < -0.4 is 15.5 Å². The Bertz CT molecular complexity index is 694. The van der Waals surface area contributed by atoms with Crippen LogP contribution >= 0.6 is 11.3 Å². The Morgan fingerprint density at radius 1 is 1.25 bits per heavy atom. The number of amides is 1. The smallest absolute Gasteiger partial charge is 0.271 e. The summed E-state index contributed by atoms with van der Waals surface area (Å²) in [6, 6.07) is 8.28. The second-order valence-corrected chi connectivity index (χ2v) is 6.75. The largest absolute Gasteiger partial charge is 0.369 e. The van der Waals surface area contributed by atoms with Gasteiger partial charge in [-0.1, -0.05) is 18.2 Å². The lowest BCUT2D eigenvalue weighted by Gasteiger charge is -2.35. The highest BCUT2D eigenvalue weighted by molar-refractivity contribution is 7.13. The molecule has 1 saturated heterocycles. The molecule has 7 heteroatoms. The van der Waals surface area contributed by atoms with Gasteiger partial charge in [0.2, 0.25) is 0 Å². The molecule has 0 atom stereocenters. The van der Waals surface area contributed by atoms with Gasteiger partial charge in [-0.2, -0.15) is 0 Å². The predicted molar refractivity (Wildman–Crippen MR) is 99.0 cm³/mol. The minimum atomic E-state index is -0.138. The van der Waals surface area contributed by atoms with E-state index in [2.05, 4.69) is 50.7 Å². The monoisotopic (exact) mass is 345 g/mol. The Balaban J connectivity index is 1.66. The van der Waals surface area contributed by atoms with E-state index in [1.165, 1.54) is 17.0 Å². The molecule has 0 aliphatic carbocycles. The third-order valence-corrected chi connectivity index (χ3v) is 5.09. The van der Waals surface area contributed by atoms with Gasteiger partial charge in [0.05, 0.1) is 0 Å². The van der Waals surface area contributed by atoms with E-state index >= 15 is 0 Å². The molecule has 0 bridgehead atoms. The molecule has 0 saturated carbocycles. The van der Waals surface area contributed by atoms with E-state index in [0.717, 1.165) is 36.9 Å². The number of aromatic nitrogens is 1. The van der Waals surface area contributed by atoms with Crippen LogP contribution in [0.15, 0.2) is 29.6 Å². The molecule has 1 aromatic heterocycles. The molecule has 2 N–H and O–H groups in total. The third-order valence-electron chi connectivity index (χ3n) is 4.23. The molecule has 2 aromatic rings. The Kier molecular flexibility index (Phi) is 5.32. The van der Waals surface area contributed by atoms with Crippen molar-refractivity contribution < 1.29 is 4.79 Å². The number of para-hydroxylation sites is 1. The lowest BCUT2D eigenvalue weighted by atomic mass is 10.1. The molecule has 1 aliphatic rings. The van der Waals surface area contributed by atoms with Gasteiger partial charge in [-0.15, -0.1) is 11.3 Å². The number of piperazine rings is 1. The number of nitrogens with one attached hydrogen (secondary N) is 2. The summed E-state index contributed by atoms with van der Waals surface area (Å²) in [4.78, 5) is 21.2. The van der Waals surface area contributed by atoms with Crippen molar-refractivity contribution in [2.45, 2.75) is 6.54 Å². The van der Waals surface area contributed by atoms with Crippen LogP contribution in [0.2, 0.25) is 0 Å². The maximum absolute atomic E-state index is 12.3. The van der Waals surface area contributed by atoms with Crippen LogP contribution in [0.25, 0.3) is 0 Å². The van der Waals surface area contributed by atoms with Crippen molar-refractivity contribution >= 4 is 28.1 Å². The molecule has 128 valence electrons. The van der Waals surface area contributed by atoms with Crippen molar-refractivity contribution in [3.8, 4) is 0 Å². The fourth-order valence-corrected chi connectivity index (χ4v) is 3.43. The number of hydrogen-bond acceptors (Lipinski definition) is 6. The minimum Gasteiger partial charge on any atom is -0.369 e. The summed E-state index contributed by atoms with van der Waals surface area (Å²) < 4.78 is 0. The number of hydrogen-bond donors (Lipinski definition) is 2. The second kappa shape index (κ2) is 7.63. The molecule has 0 radical (unpaired) electrons. The zero-order valence-corrected chi connectivity index (χ0v) is 14.9. The normalized spacial score (nSPS) is 15.3. The van der Waals surface area contributed by atoms with Gasteiger partial charge < -0.3 is 20.4 Å². The number of likely N-dealkylation sites (N-methyl/N-ethyl adjacent to an activating group) is 1. The highest BCUT2D eigenvalue weighted by atomic mass is 32.1. The number of carbonyl (C=O) groups is 1. The standard InChI is InChI=1S/C17H23N5OS/c1-18-17-20-14(12-24-17)16(23)19-11-13-5-3-4-6-15(13)22-9-7-21(2)8-10-22/h3-6,12H,7-11H2,1-2H3,(H,18,20)(H,19,23). The highest BCUT2D eigenvalue weighted by Crippen LogP contribution is 2.22. The fourth-order valence-electron chi connectivity index (χ4n) is 2.78. The van der Waals surface area contributed by atoms with E-state index < -0.39 is 0 Å². The average molecular weight is 345 g/mol. The molecule has 0 unspecified atom stereocenters. The van der Waals surface area contributed by atoms with Gasteiger partial charge in [0.15, 0.2) is 5.13 Å². The number of benzene rings is 1. The zero-order chi connectivity index (χ0) is 16.9. The Morgan fingerprint density at radius 2 is 2.00 bits per heavy atom. The molecule has 1 aliphatic heterocycles. The topological polar surface area (TPSA) is 60.5 Å². The van der Waals surface area contributed by atoms with E-state index in [1.54, 1.807) is 12.4 Å². The van der Waals surface area contributed by atoms with Crippen molar-refractivity contribution in [3.05, 3.63) is 40.9 Å². The molecule has 1 aromatic carbocycles. The van der Waals surface area contributed by atoms with Crippen LogP contribution in [-0.4, -0.2) is 56.1 Å². The molecule has 3 rings (SSSR count). The first-order valence-corrected chi connectivity index (χ1v) is 8.98. The zero-order valence-electron chi connectivity index (χ0n) is 14.1. The van der Waals surface area contributed by atoms with E-state index in [0.29, 0.717) is 12.2 Å². The van der Waals surface area contributed by atoms with Gasteiger partial charge in [-0.05, 0) is 18.7 Å². The average Bonchev–Trinajstić information content (AvgIpc) is 3.10. The van der Waals surface area contributed by atoms with Crippen molar-refractivity contribution in [2.24, 2.45) is 0 Å². The lowest BCUT2D eigenvalue weighted by molar-refractivity contribution is 0.0947. The van der Waals surface area contributed by atoms with E-state index in [1.807, 2.05) is 6.07 Å². The predicted octanol–water partition coefficient (Wildman–Crippen LogP) is 1.87. The summed E-state index contributed by atoms with van der Waals surface area (Å²) in [6.07, 6.45) is 0. The Morgan fingerprint density at radius 3 is 2.71 bits per heavy atom. The van der Waals surface area contributed by atoms with Crippen molar-refractivity contribution in [2.75, 3.05) is 50.5 Å². The summed E-state index contributed by atoms with van der Waals surface area (Å²) in [5, 5.41) is 8.45. The van der Waals surface area contributed by atoms with Gasteiger partial charge in [-0.3, -0.25) is 4.79 Å². The summed E-state index contributed by atoms with van der Waals surface area (Å²) >= 11 is 1.43. The first-order valence-electron chi connectivity index (χ1n) is 8.10. The van der Waals surface area contributed by atoms with Crippen LogP contribution in [0.1, 0.15) is 16.1 Å². The molecule has 1 fully saturated rings. The van der Waals surface area contributed by atoms with Crippen LogP contribution in [0.4, 0.5) is 10.8 Å². The van der Waals surface area contributed by atoms with Crippen LogP contribution in [0.3, 0.4) is 0 Å². The molecule has 1 amide bonds.